The molecule has 3 atom stereocenters. The van der Waals surface area contributed by atoms with Crippen LogP contribution in [0.5, 0.6) is 0 Å². The Morgan fingerprint density at radius 1 is 0.491 bits per heavy atom. The summed E-state index contributed by atoms with van der Waals surface area (Å²) in [5.74, 6) is -0.484. The van der Waals surface area contributed by atoms with Gasteiger partial charge in [-0.1, -0.05) is 199 Å². The molecule has 0 aromatic rings. The highest BCUT2D eigenvalue weighted by Crippen LogP contribution is 2.17. The molecule has 3 N–H and O–H groups in total. The van der Waals surface area contributed by atoms with Gasteiger partial charge < -0.3 is 20.3 Å². The van der Waals surface area contributed by atoms with E-state index in [-0.39, 0.29) is 24.9 Å². The van der Waals surface area contributed by atoms with E-state index >= 15 is 0 Å². The average molecular weight is 804 g/mol. The van der Waals surface area contributed by atoms with Crippen molar-refractivity contribution in [3.8, 4) is 0 Å². The first-order valence-electron chi connectivity index (χ1n) is 25.1. The standard InChI is InChI=1S/C51H97NO5/c1-4-7-10-13-16-19-21-23-24-25-27-29-32-35-38-41-44-51(56)57-47(42-39-36-33-31-28-26-22-20-17-14-11-8-5-2)45-50(55)52-48(46-53)49(54)43-40-37-34-30-18-15-12-9-6-3/h20,22,24-25,47-49,53-54H,4-19,21,23,26-46H2,1-3H3,(H,52,55)/b22-20-,25-24+. The number of hydrogen-bond acceptors (Lipinski definition) is 5. The number of aliphatic hydroxyl groups excluding tert-OH is 2. The van der Waals surface area contributed by atoms with Crippen LogP contribution in [-0.4, -0.2) is 46.9 Å². The third kappa shape index (κ3) is 40.9. The molecule has 0 saturated heterocycles. The van der Waals surface area contributed by atoms with Gasteiger partial charge in [-0.05, 0) is 77.0 Å². The van der Waals surface area contributed by atoms with Crippen molar-refractivity contribution in [2.75, 3.05) is 6.61 Å². The molecule has 0 heterocycles. The van der Waals surface area contributed by atoms with Crippen LogP contribution in [0.4, 0.5) is 0 Å². The number of aliphatic hydroxyl groups is 2. The number of hydrogen-bond donors (Lipinski definition) is 3. The summed E-state index contributed by atoms with van der Waals surface area (Å²) >= 11 is 0. The monoisotopic (exact) mass is 804 g/mol. The van der Waals surface area contributed by atoms with Gasteiger partial charge in [-0.3, -0.25) is 9.59 Å². The van der Waals surface area contributed by atoms with Gasteiger partial charge in [-0.2, -0.15) is 0 Å². The van der Waals surface area contributed by atoms with E-state index < -0.39 is 18.2 Å². The molecule has 0 aliphatic carbocycles. The second-order valence-electron chi connectivity index (χ2n) is 17.2. The van der Waals surface area contributed by atoms with Gasteiger partial charge in [0, 0.05) is 6.42 Å². The van der Waals surface area contributed by atoms with Gasteiger partial charge in [0.1, 0.15) is 6.10 Å². The zero-order chi connectivity index (χ0) is 41.7. The molecular formula is C51H97NO5. The Bertz CT molecular complexity index is 904. The fourth-order valence-corrected chi connectivity index (χ4v) is 7.65. The minimum absolute atomic E-state index is 0.0719. The maximum absolute atomic E-state index is 13.1. The topological polar surface area (TPSA) is 95.9 Å². The highest BCUT2D eigenvalue weighted by atomic mass is 16.5. The lowest BCUT2D eigenvalue weighted by atomic mass is 10.0. The van der Waals surface area contributed by atoms with E-state index in [1.54, 1.807) is 0 Å². The summed E-state index contributed by atoms with van der Waals surface area (Å²) in [6.45, 7) is 6.45. The van der Waals surface area contributed by atoms with Crippen molar-refractivity contribution in [2.24, 2.45) is 0 Å². The molecule has 0 radical (unpaired) electrons. The zero-order valence-corrected chi connectivity index (χ0v) is 38.2. The normalized spacial score (nSPS) is 13.4. The van der Waals surface area contributed by atoms with Crippen molar-refractivity contribution < 1.29 is 24.5 Å². The Morgan fingerprint density at radius 3 is 1.26 bits per heavy atom. The van der Waals surface area contributed by atoms with Gasteiger partial charge >= 0.3 is 5.97 Å². The molecule has 6 heteroatoms. The maximum atomic E-state index is 13.1. The van der Waals surface area contributed by atoms with E-state index in [0.717, 1.165) is 70.6 Å². The maximum Gasteiger partial charge on any atom is 0.306 e. The number of amides is 1. The first kappa shape index (κ1) is 55.3. The third-order valence-electron chi connectivity index (χ3n) is 11.5. The Kier molecular flexibility index (Phi) is 44.1. The van der Waals surface area contributed by atoms with Crippen LogP contribution < -0.4 is 5.32 Å². The zero-order valence-electron chi connectivity index (χ0n) is 38.2. The predicted octanol–water partition coefficient (Wildman–Crippen LogP) is 14.7. The third-order valence-corrected chi connectivity index (χ3v) is 11.5. The molecule has 0 spiro atoms. The molecule has 336 valence electrons. The summed E-state index contributed by atoms with van der Waals surface area (Å²) in [5.41, 5.74) is 0. The van der Waals surface area contributed by atoms with Crippen LogP contribution in [0.25, 0.3) is 0 Å². The molecule has 0 aromatic carbocycles. The van der Waals surface area contributed by atoms with Crippen LogP contribution in [0.2, 0.25) is 0 Å². The summed E-state index contributed by atoms with van der Waals surface area (Å²) in [6, 6.07) is -0.700. The van der Waals surface area contributed by atoms with Crippen molar-refractivity contribution >= 4 is 11.9 Å². The van der Waals surface area contributed by atoms with Crippen molar-refractivity contribution in [3.05, 3.63) is 24.3 Å². The molecule has 1 amide bonds. The van der Waals surface area contributed by atoms with E-state index in [4.69, 9.17) is 4.74 Å². The molecule has 0 aromatic heterocycles. The fourth-order valence-electron chi connectivity index (χ4n) is 7.65. The molecule has 0 aliphatic heterocycles. The summed E-state index contributed by atoms with van der Waals surface area (Å²) in [5, 5.41) is 23.6. The Hall–Kier alpha value is -1.66. The Balaban J connectivity index is 4.56. The van der Waals surface area contributed by atoms with Crippen molar-refractivity contribution in [2.45, 2.75) is 283 Å². The molecule has 6 nitrogen and oxygen atoms in total. The van der Waals surface area contributed by atoms with Crippen LogP contribution in [0.15, 0.2) is 24.3 Å². The van der Waals surface area contributed by atoms with Crippen molar-refractivity contribution in [3.63, 3.8) is 0 Å². The number of nitrogens with one attached hydrogen (secondary N) is 1. The van der Waals surface area contributed by atoms with Crippen molar-refractivity contribution in [1.82, 2.24) is 5.32 Å². The SMILES string of the molecule is CCCCCC/C=C\CCCCCCCC(CC(=O)NC(CO)C(O)CCCCCCCCCCC)OC(=O)CCCCCCC/C=C/CCCCCCCCC. The number of allylic oxidation sites excluding steroid dienone is 4. The summed E-state index contributed by atoms with van der Waals surface area (Å²) in [4.78, 5) is 26.1. The highest BCUT2D eigenvalue weighted by molar-refractivity contribution is 5.77. The second kappa shape index (κ2) is 45.4. The van der Waals surface area contributed by atoms with E-state index in [1.165, 1.54) is 148 Å². The molecular weight excluding hydrogens is 707 g/mol. The summed E-state index contributed by atoms with van der Waals surface area (Å²) in [6.07, 6.45) is 50.9. The minimum atomic E-state index is -0.786. The predicted molar refractivity (Wildman–Crippen MR) is 246 cm³/mol. The van der Waals surface area contributed by atoms with Crippen LogP contribution in [0.1, 0.15) is 265 Å². The van der Waals surface area contributed by atoms with Gasteiger partial charge in [0.15, 0.2) is 0 Å². The quantitative estimate of drug-likeness (QED) is 0.0324. The number of unbranched alkanes of at least 4 members (excludes halogenated alkanes) is 29. The molecule has 57 heavy (non-hydrogen) atoms. The highest BCUT2D eigenvalue weighted by Gasteiger charge is 2.24. The van der Waals surface area contributed by atoms with Crippen LogP contribution in [0.3, 0.4) is 0 Å². The number of carbonyl (C=O) groups excluding carboxylic acids is 2. The molecule has 3 unspecified atom stereocenters. The Labute approximate surface area is 354 Å². The van der Waals surface area contributed by atoms with Crippen LogP contribution in [-0.2, 0) is 14.3 Å². The lowest BCUT2D eigenvalue weighted by Crippen LogP contribution is -2.46. The average Bonchev–Trinajstić information content (AvgIpc) is 3.20. The van der Waals surface area contributed by atoms with Gasteiger partial charge in [0.2, 0.25) is 5.91 Å². The van der Waals surface area contributed by atoms with Crippen molar-refractivity contribution in [1.29, 1.82) is 0 Å². The summed E-state index contributed by atoms with van der Waals surface area (Å²) in [7, 11) is 0. The second-order valence-corrected chi connectivity index (χ2v) is 17.2. The molecule has 0 saturated carbocycles. The van der Waals surface area contributed by atoms with Gasteiger partial charge in [0.25, 0.3) is 0 Å². The molecule has 0 aliphatic rings. The number of ether oxygens (including phenoxy) is 1. The van der Waals surface area contributed by atoms with Crippen LogP contribution >= 0.6 is 0 Å². The fraction of sp³-hybridized carbons (Fsp3) is 0.882. The van der Waals surface area contributed by atoms with E-state index in [2.05, 4.69) is 50.4 Å². The first-order chi connectivity index (χ1) is 28.0. The summed E-state index contributed by atoms with van der Waals surface area (Å²) < 4.78 is 5.92. The van der Waals surface area contributed by atoms with E-state index in [0.29, 0.717) is 19.3 Å². The van der Waals surface area contributed by atoms with Gasteiger partial charge in [-0.25, -0.2) is 0 Å². The number of esters is 1. The van der Waals surface area contributed by atoms with E-state index in [9.17, 15) is 19.8 Å². The first-order valence-corrected chi connectivity index (χ1v) is 25.1. The van der Waals surface area contributed by atoms with E-state index in [1.807, 2.05) is 0 Å². The molecule has 0 rings (SSSR count). The van der Waals surface area contributed by atoms with Gasteiger partial charge in [-0.15, -0.1) is 0 Å². The largest absolute Gasteiger partial charge is 0.462 e. The lowest BCUT2D eigenvalue weighted by molar-refractivity contribution is -0.151. The molecule has 0 fully saturated rings. The van der Waals surface area contributed by atoms with Gasteiger partial charge in [0.05, 0.1) is 25.2 Å². The lowest BCUT2D eigenvalue weighted by Gasteiger charge is -2.24. The Morgan fingerprint density at radius 2 is 0.842 bits per heavy atom. The smallest absolute Gasteiger partial charge is 0.306 e. The minimum Gasteiger partial charge on any atom is -0.462 e. The number of rotatable bonds is 45. The molecule has 0 bridgehead atoms. The van der Waals surface area contributed by atoms with Crippen LogP contribution in [0, 0.1) is 0 Å². The number of carbonyl (C=O) groups is 2.